The zero-order valence-corrected chi connectivity index (χ0v) is 15.5. The topological polar surface area (TPSA) is 67.2 Å². The van der Waals surface area contributed by atoms with Crippen LogP contribution in [0.2, 0.25) is 0 Å². The quantitative estimate of drug-likeness (QED) is 0.715. The van der Waals surface area contributed by atoms with Crippen LogP contribution in [-0.4, -0.2) is 56.2 Å². The van der Waals surface area contributed by atoms with Gasteiger partial charge < -0.3 is 9.80 Å². The molecule has 0 saturated carbocycles. The van der Waals surface area contributed by atoms with Gasteiger partial charge in [-0.1, -0.05) is 18.2 Å². The first-order valence-electron chi connectivity index (χ1n) is 9.06. The second-order valence-electron chi connectivity index (χ2n) is 6.85. The first kappa shape index (κ1) is 17.2. The van der Waals surface area contributed by atoms with Crippen LogP contribution >= 0.6 is 0 Å². The summed E-state index contributed by atoms with van der Waals surface area (Å²) in [6.45, 7) is 6.57. The lowest BCUT2D eigenvalue weighted by Crippen LogP contribution is -2.54. The van der Waals surface area contributed by atoms with E-state index in [9.17, 15) is 4.79 Å². The zero-order chi connectivity index (χ0) is 18.8. The minimum atomic E-state index is 0.0229. The molecule has 3 aromatic rings. The van der Waals surface area contributed by atoms with Gasteiger partial charge in [-0.05, 0) is 37.6 Å². The molecule has 7 heteroatoms. The van der Waals surface area contributed by atoms with Crippen LogP contribution in [0.4, 0.5) is 5.69 Å². The minimum Gasteiger partial charge on any atom is -0.367 e. The van der Waals surface area contributed by atoms with Crippen molar-refractivity contribution in [2.24, 2.45) is 0 Å². The zero-order valence-electron chi connectivity index (χ0n) is 15.5. The van der Waals surface area contributed by atoms with Gasteiger partial charge in [-0.2, -0.15) is 0 Å². The van der Waals surface area contributed by atoms with Crippen molar-refractivity contribution >= 4 is 11.6 Å². The summed E-state index contributed by atoms with van der Waals surface area (Å²) in [5, 5.41) is 7.54. The maximum Gasteiger partial charge on any atom is 0.255 e. The molecule has 1 aliphatic rings. The Morgan fingerprint density at radius 1 is 1.07 bits per heavy atom. The van der Waals surface area contributed by atoms with Gasteiger partial charge in [-0.15, -0.1) is 10.2 Å². The molecule has 1 fully saturated rings. The first-order chi connectivity index (χ1) is 13.1. The maximum atomic E-state index is 13.0. The van der Waals surface area contributed by atoms with E-state index in [0.717, 1.165) is 13.1 Å². The molecule has 0 radical (unpaired) electrons. The molecule has 1 atom stereocenters. The Balaban J connectivity index is 1.46. The molecular weight excluding hydrogens is 340 g/mol. The van der Waals surface area contributed by atoms with Gasteiger partial charge in [0.15, 0.2) is 0 Å². The van der Waals surface area contributed by atoms with E-state index in [0.29, 0.717) is 17.9 Å². The number of carbonyl (C=O) groups is 1. The average molecular weight is 362 g/mol. The van der Waals surface area contributed by atoms with E-state index >= 15 is 0 Å². The van der Waals surface area contributed by atoms with Crippen LogP contribution in [-0.2, 0) is 0 Å². The summed E-state index contributed by atoms with van der Waals surface area (Å²) in [6, 6.07) is 12.1. The van der Waals surface area contributed by atoms with Crippen LogP contribution in [0.15, 0.2) is 55.2 Å². The van der Waals surface area contributed by atoms with Gasteiger partial charge in [0.1, 0.15) is 18.5 Å². The van der Waals surface area contributed by atoms with Gasteiger partial charge in [-0.3, -0.25) is 9.36 Å². The molecule has 1 amide bonds. The monoisotopic (exact) mass is 362 g/mol. The highest BCUT2D eigenvalue weighted by atomic mass is 16.2. The number of para-hydroxylation sites is 1. The molecule has 3 heterocycles. The van der Waals surface area contributed by atoms with Gasteiger partial charge in [0.25, 0.3) is 5.91 Å². The number of carbonyl (C=O) groups excluding carboxylic acids is 1. The third-order valence-electron chi connectivity index (χ3n) is 5.02. The number of aryl methyl sites for hydroxylation is 1. The van der Waals surface area contributed by atoms with Crippen molar-refractivity contribution < 1.29 is 4.79 Å². The van der Waals surface area contributed by atoms with Crippen molar-refractivity contribution in [3.8, 4) is 5.82 Å². The van der Waals surface area contributed by atoms with Crippen molar-refractivity contribution in [3.63, 3.8) is 0 Å². The second kappa shape index (κ2) is 7.19. The SMILES string of the molecule is Cc1ccccc1N1CCN(C(=O)c2ccc(-n3cnnc3)nc2)[C@H](C)C1. The molecule has 2 aromatic heterocycles. The summed E-state index contributed by atoms with van der Waals surface area (Å²) in [7, 11) is 0. The molecule has 0 bridgehead atoms. The van der Waals surface area contributed by atoms with Crippen molar-refractivity contribution in [1.82, 2.24) is 24.6 Å². The average Bonchev–Trinajstić information content (AvgIpc) is 3.23. The number of amides is 1. The Morgan fingerprint density at radius 3 is 2.52 bits per heavy atom. The summed E-state index contributed by atoms with van der Waals surface area (Å²) in [5.41, 5.74) is 3.11. The van der Waals surface area contributed by atoms with Crippen molar-refractivity contribution in [2.45, 2.75) is 19.9 Å². The number of rotatable bonds is 3. The smallest absolute Gasteiger partial charge is 0.255 e. The largest absolute Gasteiger partial charge is 0.367 e. The highest BCUT2D eigenvalue weighted by Crippen LogP contribution is 2.23. The highest BCUT2D eigenvalue weighted by molar-refractivity contribution is 5.94. The number of anilines is 1. The lowest BCUT2D eigenvalue weighted by molar-refractivity contribution is 0.0673. The molecule has 27 heavy (non-hydrogen) atoms. The number of benzene rings is 1. The van der Waals surface area contributed by atoms with Crippen LogP contribution in [0, 0.1) is 6.92 Å². The second-order valence-corrected chi connectivity index (χ2v) is 6.85. The number of hydrogen-bond acceptors (Lipinski definition) is 5. The highest BCUT2D eigenvalue weighted by Gasteiger charge is 2.28. The molecule has 0 N–H and O–H groups in total. The molecule has 1 aromatic carbocycles. The molecule has 0 spiro atoms. The molecular formula is C20H22N6O. The fourth-order valence-corrected chi connectivity index (χ4v) is 3.55. The standard InChI is InChI=1S/C20H22N6O/c1-15-5-3-4-6-18(15)24-9-10-26(16(2)12-24)20(27)17-7-8-19(21-11-17)25-13-22-23-14-25/h3-8,11,13-14,16H,9-10,12H2,1-2H3/t16-/m1/s1. The summed E-state index contributed by atoms with van der Waals surface area (Å²) >= 11 is 0. The predicted molar refractivity (Wildman–Crippen MR) is 103 cm³/mol. The van der Waals surface area contributed by atoms with E-state index in [1.165, 1.54) is 11.3 Å². The molecule has 0 unspecified atom stereocenters. The summed E-state index contributed by atoms with van der Waals surface area (Å²) < 4.78 is 1.71. The van der Waals surface area contributed by atoms with E-state index in [2.05, 4.69) is 58.2 Å². The van der Waals surface area contributed by atoms with Crippen LogP contribution in [0.1, 0.15) is 22.8 Å². The third-order valence-corrected chi connectivity index (χ3v) is 5.02. The molecule has 138 valence electrons. The number of pyridine rings is 1. The van der Waals surface area contributed by atoms with E-state index < -0.39 is 0 Å². The maximum absolute atomic E-state index is 13.0. The van der Waals surface area contributed by atoms with E-state index in [4.69, 9.17) is 0 Å². The van der Waals surface area contributed by atoms with Gasteiger partial charge in [-0.25, -0.2) is 4.98 Å². The van der Waals surface area contributed by atoms with Crippen molar-refractivity contribution in [2.75, 3.05) is 24.5 Å². The van der Waals surface area contributed by atoms with E-state index in [1.807, 2.05) is 17.0 Å². The molecule has 1 saturated heterocycles. The van der Waals surface area contributed by atoms with Crippen molar-refractivity contribution in [3.05, 3.63) is 66.4 Å². The van der Waals surface area contributed by atoms with Crippen LogP contribution in [0.3, 0.4) is 0 Å². The Hall–Kier alpha value is -3.22. The lowest BCUT2D eigenvalue weighted by atomic mass is 10.1. The van der Waals surface area contributed by atoms with Crippen LogP contribution in [0.5, 0.6) is 0 Å². The lowest BCUT2D eigenvalue weighted by Gasteiger charge is -2.41. The Morgan fingerprint density at radius 2 is 1.85 bits per heavy atom. The Bertz CT molecular complexity index is 922. The molecule has 4 rings (SSSR count). The van der Waals surface area contributed by atoms with E-state index in [-0.39, 0.29) is 11.9 Å². The van der Waals surface area contributed by atoms with Gasteiger partial charge >= 0.3 is 0 Å². The van der Waals surface area contributed by atoms with Crippen molar-refractivity contribution in [1.29, 1.82) is 0 Å². The van der Waals surface area contributed by atoms with Gasteiger partial charge in [0.05, 0.1) is 5.56 Å². The molecule has 1 aliphatic heterocycles. The number of aromatic nitrogens is 4. The summed E-state index contributed by atoms with van der Waals surface area (Å²) in [4.78, 5) is 21.6. The van der Waals surface area contributed by atoms with Crippen LogP contribution < -0.4 is 4.90 Å². The fraction of sp³-hybridized carbons (Fsp3) is 0.300. The number of nitrogens with zero attached hydrogens (tertiary/aromatic N) is 6. The van der Waals surface area contributed by atoms with Gasteiger partial charge in [0.2, 0.25) is 0 Å². The number of piperazine rings is 1. The van der Waals surface area contributed by atoms with E-state index in [1.54, 1.807) is 23.4 Å². The Labute approximate surface area is 158 Å². The minimum absolute atomic E-state index is 0.0229. The Kier molecular flexibility index (Phi) is 4.58. The molecule has 0 aliphatic carbocycles. The fourth-order valence-electron chi connectivity index (χ4n) is 3.55. The summed E-state index contributed by atoms with van der Waals surface area (Å²) in [6.07, 6.45) is 4.78. The van der Waals surface area contributed by atoms with Crippen LogP contribution in [0.25, 0.3) is 5.82 Å². The number of hydrogen-bond donors (Lipinski definition) is 0. The third kappa shape index (κ3) is 3.40. The summed E-state index contributed by atoms with van der Waals surface area (Å²) in [5.74, 6) is 0.712. The predicted octanol–water partition coefficient (Wildman–Crippen LogP) is 2.32. The van der Waals surface area contributed by atoms with Gasteiger partial charge in [0, 0.05) is 37.6 Å². The first-order valence-corrected chi connectivity index (χ1v) is 9.06. The molecule has 7 nitrogen and oxygen atoms in total. The normalized spacial score (nSPS) is 17.2.